The minimum Gasteiger partial charge on any atom is -0.397 e. The van der Waals surface area contributed by atoms with E-state index in [0.29, 0.717) is 5.41 Å². The fourth-order valence-electron chi connectivity index (χ4n) is 5.10. The Morgan fingerprint density at radius 3 is 2.36 bits per heavy atom. The van der Waals surface area contributed by atoms with Gasteiger partial charge in [-0.1, -0.05) is 39.5 Å². The Morgan fingerprint density at radius 2 is 1.77 bits per heavy atom. The maximum Gasteiger partial charge on any atom is 0.0591 e. The molecule has 0 aromatic heterocycles. The van der Waals surface area contributed by atoms with Crippen molar-refractivity contribution >= 4 is 0 Å². The Kier molecular flexibility index (Phi) is 7.88. The summed E-state index contributed by atoms with van der Waals surface area (Å²) in [5, 5.41) is 17.4. The van der Waals surface area contributed by atoms with Crippen molar-refractivity contribution in [2.24, 2.45) is 23.2 Å². The molecule has 132 valence electrons. The van der Waals surface area contributed by atoms with Crippen LogP contribution in [0.2, 0.25) is 0 Å². The number of aliphatic hydroxyl groups excluding tert-OH is 1. The molecule has 22 heavy (non-hydrogen) atoms. The van der Waals surface area contributed by atoms with Gasteiger partial charge in [0.15, 0.2) is 0 Å². The quantitative estimate of drug-likeness (QED) is 0.688. The number of rotatable bonds is 5. The van der Waals surface area contributed by atoms with Crippen LogP contribution in [0.25, 0.3) is 0 Å². The van der Waals surface area contributed by atoms with Gasteiger partial charge in [-0.2, -0.15) is 0 Å². The Balaban J connectivity index is 0.000000745. The second-order valence-electron chi connectivity index (χ2n) is 8.63. The first-order valence-electron chi connectivity index (χ1n) is 9.58. The van der Waals surface area contributed by atoms with Crippen molar-refractivity contribution in [2.75, 3.05) is 6.61 Å². The second-order valence-corrected chi connectivity index (χ2v) is 8.63. The molecule has 2 aliphatic rings. The third-order valence-electron chi connectivity index (χ3n) is 6.26. The number of hydrogen-bond acceptors (Lipinski definition) is 2. The molecule has 0 aromatic rings. The van der Waals surface area contributed by atoms with Gasteiger partial charge in [0.1, 0.15) is 0 Å². The molecule has 2 saturated carbocycles. The van der Waals surface area contributed by atoms with Crippen molar-refractivity contribution in [1.29, 1.82) is 0 Å². The Hall–Kier alpha value is -0.0800. The van der Waals surface area contributed by atoms with Crippen LogP contribution in [0.4, 0.5) is 0 Å². The van der Waals surface area contributed by atoms with Gasteiger partial charge in [0.2, 0.25) is 0 Å². The first-order valence-corrected chi connectivity index (χ1v) is 9.58. The predicted molar refractivity (Wildman–Crippen MR) is 94.9 cm³/mol. The summed E-state index contributed by atoms with van der Waals surface area (Å²) in [4.78, 5) is 0. The maximum absolute atomic E-state index is 9.78. The molecule has 2 rings (SSSR count). The van der Waals surface area contributed by atoms with Crippen LogP contribution in [0.15, 0.2) is 0 Å². The van der Waals surface area contributed by atoms with Crippen molar-refractivity contribution in [2.45, 2.75) is 98.0 Å². The molecule has 4 unspecified atom stereocenters. The average molecular weight is 313 g/mol. The highest BCUT2D eigenvalue weighted by molar-refractivity contribution is 4.99. The number of aliphatic hydroxyl groups is 2. The highest BCUT2D eigenvalue weighted by atomic mass is 16.3. The number of unbranched alkanes of at least 4 members (excludes halogenated alkanes) is 1. The van der Waals surface area contributed by atoms with Crippen molar-refractivity contribution in [3.63, 3.8) is 0 Å². The third-order valence-corrected chi connectivity index (χ3v) is 6.26. The molecular weight excluding hydrogens is 272 g/mol. The molecular formula is C20H40O2. The first kappa shape index (κ1) is 20.0. The predicted octanol–water partition coefficient (Wildman–Crippen LogP) is 5.17. The Labute approximate surface area is 138 Å². The molecule has 0 aromatic carbocycles. The Morgan fingerprint density at radius 1 is 1.14 bits per heavy atom. The van der Waals surface area contributed by atoms with Gasteiger partial charge in [0.05, 0.1) is 5.60 Å². The molecule has 0 saturated heterocycles. The minimum atomic E-state index is -0.471. The summed E-state index contributed by atoms with van der Waals surface area (Å²) in [6, 6.07) is 0. The molecule has 2 heteroatoms. The van der Waals surface area contributed by atoms with E-state index in [1.807, 2.05) is 13.8 Å². The van der Waals surface area contributed by atoms with E-state index in [1.54, 1.807) is 6.92 Å². The topological polar surface area (TPSA) is 40.5 Å². The first-order chi connectivity index (χ1) is 10.2. The van der Waals surface area contributed by atoms with Gasteiger partial charge in [-0.3, -0.25) is 0 Å². The van der Waals surface area contributed by atoms with E-state index >= 15 is 0 Å². The molecule has 2 fully saturated rings. The zero-order valence-corrected chi connectivity index (χ0v) is 15.7. The van der Waals surface area contributed by atoms with Crippen molar-refractivity contribution in [1.82, 2.24) is 0 Å². The highest BCUT2D eigenvalue weighted by Gasteiger charge is 2.49. The van der Waals surface area contributed by atoms with Crippen molar-refractivity contribution in [3.8, 4) is 0 Å². The fraction of sp³-hybridized carbons (Fsp3) is 1.00. The van der Waals surface area contributed by atoms with Gasteiger partial charge in [-0.25, -0.2) is 0 Å². The van der Waals surface area contributed by atoms with E-state index in [0.717, 1.165) is 24.2 Å². The average Bonchev–Trinajstić information content (AvgIpc) is 2.73. The highest BCUT2D eigenvalue weighted by Crippen LogP contribution is 2.58. The van der Waals surface area contributed by atoms with Crippen LogP contribution in [-0.4, -0.2) is 22.4 Å². The maximum atomic E-state index is 9.78. The van der Waals surface area contributed by atoms with E-state index in [9.17, 15) is 5.11 Å². The molecule has 0 bridgehead atoms. The van der Waals surface area contributed by atoms with E-state index in [4.69, 9.17) is 5.11 Å². The van der Waals surface area contributed by atoms with Crippen molar-refractivity contribution in [3.05, 3.63) is 0 Å². The summed E-state index contributed by atoms with van der Waals surface area (Å²) in [7, 11) is 0. The molecule has 2 nitrogen and oxygen atoms in total. The SMILES string of the molecule is CC1CCCC2(C)C(CCCCC(C)(C)O)CCC12.CCO. The summed E-state index contributed by atoms with van der Waals surface area (Å²) in [6.45, 7) is 10.9. The molecule has 4 atom stereocenters. The van der Waals surface area contributed by atoms with Crippen LogP contribution in [0.5, 0.6) is 0 Å². The third kappa shape index (κ3) is 5.53. The number of fused-ring (bicyclic) bond motifs is 1. The van der Waals surface area contributed by atoms with Gasteiger partial charge in [-0.15, -0.1) is 0 Å². The smallest absolute Gasteiger partial charge is 0.0591 e. The zero-order valence-electron chi connectivity index (χ0n) is 15.7. The second kappa shape index (κ2) is 8.68. The molecule has 0 aliphatic heterocycles. The lowest BCUT2D eigenvalue weighted by molar-refractivity contribution is 0.0502. The zero-order chi connectivity index (χ0) is 16.8. The van der Waals surface area contributed by atoms with Crippen LogP contribution in [0.3, 0.4) is 0 Å². The van der Waals surface area contributed by atoms with E-state index in [-0.39, 0.29) is 6.61 Å². The van der Waals surface area contributed by atoms with E-state index < -0.39 is 5.60 Å². The molecule has 2 aliphatic carbocycles. The Bertz CT molecular complexity index is 307. The monoisotopic (exact) mass is 312 g/mol. The largest absolute Gasteiger partial charge is 0.397 e. The van der Waals surface area contributed by atoms with Gasteiger partial charge in [-0.05, 0) is 76.0 Å². The standard InChI is InChI=1S/C18H34O.C2H6O/c1-14-8-7-13-18(4)15(10-11-16(14)18)9-5-6-12-17(2,3)19;1-2-3/h14-16,19H,5-13H2,1-4H3;3H,2H2,1H3. The molecule has 0 spiro atoms. The lowest BCUT2D eigenvalue weighted by Crippen LogP contribution is -2.36. The van der Waals surface area contributed by atoms with E-state index in [1.165, 1.54) is 51.4 Å². The van der Waals surface area contributed by atoms with Gasteiger partial charge >= 0.3 is 0 Å². The molecule has 0 radical (unpaired) electrons. The van der Waals surface area contributed by atoms with E-state index in [2.05, 4.69) is 13.8 Å². The fourth-order valence-corrected chi connectivity index (χ4v) is 5.10. The summed E-state index contributed by atoms with van der Waals surface area (Å²) < 4.78 is 0. The van der Waals surface area contributed by atoms with Crippen molar-refractivity contribution < 1.29 is 10.2 Å². The molecule has 0 heterocycles. The van der Waals surface area contributed by atoms with Gasteiger partial charge in [0.25, 0.3) is 0 Å². The van der Waals surface area contributed by atoms with Gasteiger partial charge < -0.3 is 10.2 Å². The normalized spacial score (nSPS) is 34.8. The van der Waals surface area contributed by atoms with Crippen LogP contribution >= 0.6 is 0 Å². The molecule has 0 amide bonds. The van der Waals surface area contributed by atoms with Gasteiger partial charge in [0, 0.05) is 6.61 Å². The summed E-state index contributed by atoms with van der Waals surface area (Å²) in [6.07, 6.45) is 12.2. The lowest BCUT2D eigenvalue weighted by atomic mass is 9.61. The number of hydrogen-bond donors (Lipinski definition) is 2. The molecule has 2 N–H and O–H groups in total. The summed E-state index contributed by atoms with van der Waals surface area (Å²) in [5.41, 5.74) is 0.174. The van der Waals surface area contributed by atoms with Crippen LogP contribution < -0.4 is 0 Å². The summed E-state index contributed by atoms with van der Waals surface area (Å²) >= 11 is 0. The van der Waals surface area contributed by atoms with Crippen LogP contribution in [0.1, 0.15) is 92.4 Å². The van der Waals surface area contributed by atoms with Crippen LogP contribution in [0, 0.1) is 23.2 Å². The van der Waals surface area contributed by atoms with Crippen LogP contribution in [-0.2, 0) is 0 Å². The minimum absolute atomic E-state index is 0.250. The summed E-state index contributed by atoms with van der Waals surface area (Å²) in [5.74, 6) is 2.92. The lowest BCUT2D eigenvalue weighted by Gasteiger charge is -2.44.